The van der Waals surface area contributed by atoms with Crippen molar-refractivity contribution in [1.82, 2.24) is 29.7 Å². The van der Waals surface area contributed by atoms with Crippen LogP contribution in [0.4, 0.5) is 23.4 Å². The topological polar surface area (TPSA) is 148 Å². The number of hydrogen-bond acceptors (Lipinski definition) is 8. The van der Waals surface area contributed by atoms with E-state index >= 15 is 0 Å². The van der Waals surface area contributed by atoms with Gasteiger partial charge in [-0.1, -0.05) is 11.6 Å². The van der Waals surface area contributed by atoms with Crippen molar-refractivity contribution in [1.29, 1.82) is 0 Å². The number of primary amides is 1. The number of carbonyl (C=O) groups excluding carboxylic acids is 1. The highest BCUT2D eigenvalue weighted by molar-refractivity contribution is 6.34. The van der Waals surface area contributed by atoms with E-state index in [1.54, 1.807) is 0 Å². The molecule has 15 heteroatoms. The SMILES string of the molecule is NC(=O)c1c(-c2ccc(Oc3ncnc(N)c3Cl)c(F)c2)nn(-c2ncccn2)c1C(F)(F)F. The molecular formula is C19H11ClF4N8O2. The van der Waals surface area contributed by atoms with Crippen molar-refractivity contribution in [2.24, 2.45) is 5.73 Å². The Bertz CT molecular complexity index is 1400. The van der Waals surface area contributed by atoms with E-state index in [4.69, 9.17) is 27.8 Å². The predicted octanol–water partition coefficient (Wildman–Crippen LogP) is 3.40. The van der Waals surface area contributed by atoms with Crippen LogP contribution in [0.3, 0.4) is 0 Å². The normalized spacial score (nSPS) is 11.4. The van der Waals surface area contributed by atoms with Gasteiger partial charge in [-0.3, -0.25) is 4.79 Å². The van der Waals surface area contributed by atoms with E-state index in [0.717, 1.165) is 18.5 Å². The summed E-state index contributed by atoms with van der Waals surface area (Å²) in [5.41, 5.74) is 7.56. The third-order valence-electron chi connectivity index (χ3n) is 4.34. The number of nitrogens with two attached hydrogens (primary N) is 2. The smallest absolute Gasteiger partial charge is 0.434 e. The molecule has 0 saturated carbocycles. The molecule has 0 atom stereocenters. The first-order valence-corrected chi connectivity index (χ1v) is 9.47. The molecule has 0 aliphatic carbocycles. The number of hydrogen-bond donors (Lipinski definition) is 2. The third kappa shape index (κ3) is 4.17. The van der Waals surface area contributed by atoms with Crippen molar-refractivity contribution in [3.8, 4) is 28.8 Å². The average molecular weight is 495 g/mol. The van der Waals surface area contributed by atoms with Crippen LogP contribution in [-0.2, 0) is 6.18 Å². The number of halogens is 5. The Morgan fingerprint density at radius 1 is 1.12 bits per heavy atom. The summed E-state index contributed by atoms with van der Waals surface area (Å²) >= 11 is 5.92. The molecule has 1 aromatic carbocycles. The number of nitrogens with zero attached hydrogens (tertiary/aromatic N) is 6. The molecule has 0 aliphatic rings. The van der Waals surface area contributed by atoms with Crippen LogP contribution in [-0.4, -0.2) is 35.6 Å². The van der Waals surface area contributed by atoms with E-state index in [-0.39, 0.29) is 28.0 Å². The zero-order valence-electron chi connectivity index (χ0n) is 16.6. The van der Waals surface area contributed by atoms with E-state index in [0.29, 0.717) is 4.68 Å². The van der Waals surface area contributed by atoms with Gasteiger partial charge < -0.3 is 16.2 Å². The molecule has 4 rings (SSSR count). The first-order chi connectivity index (χ1) is 16.1. The highest BCUT2D eigenvalue weighted by Gasteiger charge is 2.43. The van der Waals surface area contributed by atoms with Crippen molar-refractivity contribution in [2.45, 2.75) is 6.18 Å². The Labute approximate surface area is 192 Å². The molecule has 3 heterocycles. The fourth-order valence-electron chi connectivity index (χ4n) is 2.93. The highest BCUT2D eigenvalue weighted by atomic mass is 35.5. The van der Waals surface area contributed by atoms with Crippen LogP contribution in [0.5, 0.6) is 11.6 Å². The number of aromatic nitrogens is 6. The van der Waals surface area contributed by atoms with Crippen LogP contribution in [0.25, 0.3) is 17.2 Å². The summed E-state index contributed by atoms with van der Waals surface area (Å²) in [6, 6.07) is 4.43. The van der Waals surface area contributed by atoms with Gasteiger partial charge >= 0.3 is 6.18 Å². The molecule has 0 spiro atoms. The lowest BCUT2D eigenvalue weighted by Gasteiger charge is -2.10. The van der Waals surface area contributed by atoms with Gasteiger partial charge in [0.25, 0.3) is 11.9 Å². The van der Waals surface area contributed by atoms with E-state index in [1.807, 2.05) is 0 Å². The van der Waals surface area contributed by atoms with Crippen LogP contribution < -0.4 is 16.2 Å². The maximum Gasteiger partial charge on any atom is 0.434 e. The summed E-state index contributed by atoms with van der Waals surface area (Å²) in [5.74, 6) is -3.67. The molecule has 0 radical (unpaired) electrons. The van der Waals surface area contributed by atoms with Crippen molar-refractivity contribution < 1.29 is 27.1 Å². The summed E-state index contributed by atoms with van der Waals surface area (Å²) < 4.78 is 62.1. The fourth-order valence-corrected chi connectivity index (χ4v) is 3.07. The maximum atomic E-state index is 14.8. The van der Waals surface area contributed by atoms with E-state index < -0.39 is 40.8 Å². The van der Waals surface area contributed by atoms with Crippen molar-refractivity contribution in [2.75, 3.05) is 5.73 Å². The van der Waals surface area contributed by atoms with Crippen LogP contribution in [0.1, 0.15) is 16.1 Å². The fraction of sp³-hybridized carbons (Fsp3) is 0.0526. The van der Waals surface area contributed by atoms with E-state index in [2.05, 4.69) is 25.0 Å². The van der Waals surface area contributed by atoms with Crippen molar-refractivity contribution in [3.63, 3.8) is 0 Å². The largest absolute Gasteiger partial charge is 0.434 e. The molecule has 0 bridgehead atoms. The number of ether oxygens (including phenoxy) is 1. The standard InChI is InChI=1S/C19H11ClF4N8O2/c20-12-15(25)29-7-30-17(12)34-10-3-2-8(6-9(10)21)13-11(16(26)33)14(19(22,23)24)32(31-13)18-27-4-1-5-28-18/h1-7H,(H2,26,33)(H2,25,29,30). The number of carbonyl (C=O) groups is 1. The van der Waals surface area contributed by atoms with E-state index in [1.165, 1.54) is 24.5 Å². The van der Waals surface area contributed by atoms with Crippen LogP contribution >= 0.6 is 11.6 Å². The molecule has 1 amide bonds. The quantitative estimate of drug-likeness (QED) is 0.401. The van der Waals surface area contributed by atoms with E-state index in [9.17, 15) is 22.4 Å². The predicted molar refractivity (Wildman–Crippen MR) is 110 cm³/mol. The monoisotopic (exact) mass is 494 g/mol. The lowest BCUT2D eigenvalue weighted by molar-refractivity contribution is -0.143. The maximum absolute atomic E-state index is 14.8. The van der Waals surface area contributed by atoms with Gasteiger partial charge in [-0.2, -0.15) is 27.9 Å². The Morgan fingerprint density at radius 2 is 1.82 bits per heavy atom. The lowest BCUT2D eigenvalue weighted by atomic mass is 10.0. The molecule has 0 saturated heterocycles. The minimum atomic E-state index is -5.07. The third-order valence-corrected chi connectivity index (χ3v) is 4.69. The van der Waals surface area contributed by atoms with Gasteiger partial charge in [0.05, 0.1) is 5.56 Å². The second-order valence-electron chi connectivity index (χ2n) is 6.52. The molecule has 4 N–H and O–H groups in total. The molecule has 0 aliphatic heterocycles. The van der Waals surface area contributed by atoms with Gasteiger partial charge in [0.2, 0.25) is 5.88 Å². The minimum absolute atomic E-state index is 0.108. The Kier molecular flexibility index (Phi) is 5.75. The molecule has 34 heavy (non-hydrogen) atoms. The van der Waals surface area contributed by atoms with Crippen LogP contribution in [0.15, 0.2) is 43.0 Å². The molecule has 10 nitrogen and oxygen atoms in total. The molecule has 3 aromatic heterocycles. The first-order valence-electron chi connectivity index (χ1n) is 9.09. The summed E-state index contributed by atoms with van der Waals surface area (Å²) in [6.07, 6.45) is -1.66. The van der Waals surface area contributed by atoms with Gasteiger partial charge in [-0.25, -0.2) is 19.3 Å². The Morgan fingerprint density at radius 3 is 2.44 bits per heavy atom. The summed E-state index contributed by atoms with van der Waals surface area (Å²) in [5, 5.41) is 3.66. The zero-order chi connectivity index (χ0) is 24.6. The molecule has 0 unspecified atom stereocenters. The van der Waals surface area contributed by atoms with Gasteiger partial charge in [-0.05, 0) is 24.3 Å². The Hall–Kier alpha value is -4.33. The van der Waals surface area contributed by atoms with Gasteiger partial charge in [0, 0.05) is 18.0 Å². The average Bonchev–Trinajstić information content (AvgIpc) is 3.20. The minimum Gasteiger partial charge on any atom is -0.434 e. The number of alkyl halides is 3. The number of rotatable bonds is 5. The molecule has 4 aromatic rings. The lowest BCUT2D eigenvalue weighted by Crippen LogP contribution is -2.21. The number of anilines is 1. The second-order valence-corrected chi connectivity index (χ2v) is 6.90. The zero-order valence-corrected chi connectivity index (χ0v) is 17.3. The summed E-state index contributed by atoms with van der Waals surface area (Å²) in [6.45, 7) is 0. The summed E-state index contributed by atoms with van der Waals surface area (Å²) in [4.78, 5) is 26.9. The molecule has 0 fully saturated rings. The highest BCUT2D eigenvalue weighted by Crippen LogP contribution is 2.39. The van der Waals surface area contributed by atoms with Crippen LogP contribution in [0.2, 0.25) is 5.02 Å². The first kappa shape index (κ1) is 22.8. The van der Waals surface area contributed by atoms with Crippen molar-refractivity contribution in [3.05, 3.63) is 65.1 Å². The van der Waals surface area contributed by atoms with Gasteiger partial charge in [-0.15, -0.1) is 0 Å². The van der Waals surface area contributed by atoms with Gasteiger partial charge in [0.15, 0.2) is 17.3 Å². The van der Waals surface area contributed by atoms with Crippen molar-refractivity contribution >= 4 is 23.3 Å². The Balaban J connectivity index is 1.84. The summed E-state index contributed by atoms with van der Waals surface area (Å²) in [7, 11) is 0. The van der Waals surface area contributed by atoms with Crippen LogP contribution in [0, 0.1) is 5.82 Å². The number of amides is 1. The second kappa shape index (κ2) is 8.55. The number of benzene rings is 1. The molecule has 174 valence electrons. The number of nitrogen functional groups attached to an aromatic ring is 1. The molecular weight excluding hydrogens is 484 g/mol. The van der Waals surface area contributed by atoms with Gasteiger partial charge in [0.1, 0.15) is 22.9 Å².